The summed E-state index contributed by atoms with van der Waals surface area (Å²) < 4.78 is 41.8. The summed E-state index contributed by atoms with van der Waals surface area (Å²) in [6.07, 6.45) is -4.72. The normalized spacial score (nSPS) is 19.8. The van der Waals surface area contributed by atoms with Crippen LogP contribution in [0.25, 0.3) is 0 Å². The molecule has 0 aromatic heterocycles. The molecule has 0 saturated heterocycles. The first-order valence-electron chi connectivity index (χ1n) is 11.5. The van der Waals surface area contributed by atoms with Gasteiger partial charge in [-0.25, -0.2) is 0 Å². The number of hydrogen-bond acceptors (Lipinski definition) is 3. The van der Waals surface area contributed by atoms with Crippen molar-refractivity contribution in [1.82, 2.24) is 0 Å². The van der Waals surface area contributed by atoms with Gasteiger partial charge in [0.1, 0.15) is 0 Å². The SMILES string of the molecule is Cc1ccc([C@@H]2C3=C(C[C@H](c4ccccc4Cl)CC3=O)Nc3ccccc3N2C(=O)C(F)(F)F)cc1. The summed E-state index contributed by atoms with van der Waals surface area (Å²) in [5, 5.41) is 3.74. The van der Waals surface area contributed by atoms with Crippen LogP contribution in [-0.2, 0) is 9.59 Å². The van der Waals surface area contributed by atoms with Crippen molar-refractivity contribution in [2.75, 3.05) is 10.2 Å². The number of amides is 1. The zero-order chi connectivity index (χ0) is 25.6. The molecule has 1 N–H and O–H groups in total. The number of nitrogens with one attached hydrogen (secondary N) is 1. The van der Waals surface area contributed by atoms with E-state index in [1.165, 1.54) is 6.07 Å². The lowest BCUT2D eigenvalue weighted by atomic mass is 9.78. The van der Waals surface area contributed by atoms with Crippen LogP contribution >= 0.6 is 11.6 Å². The number of nitrogens with zero attached hydrogens (tertiary/aromatic N) is 1. The number of ketones is 1. The Kier molecular flexibility index (Phi) is 6.12. The third-order valence-corrected chi connectivity index (χ3v) is 7.03. The lowest BCUT2D eigenvalue weighted by Gasteiger charge is -2.35. The van der Waals surface area contributed by atoms with Crippen LogP contribution in [0.15, 0.2) is 84.1 Å². The first-order chi connectivity index (χ1) is 17.1. The molecule has 36 heavy (non-hydrogen) atoms. The van der Waals surface area contributed by atoms with Gasteiger partial charge in [-0.15, -0.1) is 0 Å². The number of halogens is 4. The minimum absolute atomic E-state index is 0.0573. The average molecular weight is 511 g/mol. The van der Waals surface area contributed by atoms with E-state index in [1.807, 2.05) is 19.1 Å². The smallest absolute Gasteiger partial charge is 0.357 e. The van der Waals surface area contributed by atoms with E-state index in [2.05, 4.69) is 5.32 Å². The van der Waals surface area contributed by atoms with Crippen molar-refractivity contribution in [3.05, 3.63) is 106 Å². The van der Waals surface area contributed by atoms with Crippen molar-refractivity contribution in [3.63, 3.8) is 0 Å². The average Bonchev–Trinajstić information content (AvgIpc) is 2.98. The van der Waals surface area contributed by atoms with Crippen molar-refractivity contribution in [1.29, 1.82) is 0 Å². The Hall–Kier alpha value is -3.58. The van der Waals surface area contributed by atoms with E-state index < -0.39 is 18.1 Å². The lowest BCUT2D eigenvalue weighted by molar-refractivity contribution is -0.170. The summed E-state index contributed by atoms with van der Waals surface area (Å²) in [6, 6.07) is 19.2. The van der Waals surface area contributed by atoms with E-state index in [1.54, 1.807) is 54.6 Å². The number of Topliss-reactive ketones (excluding diaryl/α,β-unsaturated/α-hetero) is 1. The summed E-state index contributed by atoms with van der Waals surface area (Å²) in [4.78, 5) is 27.4. The molecule has 1 heterocycles. The molecule has 5 rings (SSSR count). The van der Waals surface area contributed by atoms with Gasteiger partial charge in [-0.05, 0) is 48.6 Å². The molecule has 8 heteroatoms. The quantitative estimate of drug-likeness (QED) is 0.399. The number of aryl methyl sites for hydroxylation is 1. The second-order valence-electron chi connectivity index (χ2n) is 9.07. The first-order valence-corrected chi connectivity index (χ1v) is 11.9. The second kappa shape index (κ2) is 9.13. The standard InChI is InChI=1S/C28H22ClF3N2O2/c1-16-10-12-17(13-11-16)26-25-22(14-18(15-24(25)35)19-6-2-3-7-20(19)29)33-21-8-4-5-9-23(21)34(26)27(36)28(30,31)32/h2-13,18,26,33H,14-15H2,1H3/t18-,26+/m0/s1. The van der Waals surface area contributed by atoms with Gasteiger partial charge in [-0.2, -0.15) is 13.2 Å². The Morgan fingerprint density at radius 1 is 0.972 bits per heavy atom. The number of carbonyl (C=O) groups is 2. The maximum absolute atomic E-state index is 13.9. The predicted octanol–water partition coefficient (Wildman–Crippen LogP) is 7.11. The number of para-hydroxylation sites is 2. The lowest BCUT2D eigenvalue weighted by Crippen LogP contribution is -2.45. The van der Waals surface area contributed by atoms with Crippen molar-refractivity contribution in [3.8, 4) is 0 Å². The Balaban J connectivity index is 1.74. The number of allylic oxidation sites excluding steroid dienone is 1. The molecule has 2 atom stereocenters. The molecule has 0 radical (unpaired) electrons. The number of benzene rings is 3. The van der Waals surface area contributed by atoms with Crippen LogP contribution in [0, 0.1) is 6.92 Å². The maximum atomic E-state index is 13.9. The van der Waals surface area contributed by atoms with Gasteiger partial charge in [0.15, 0.2) is 5.78 Å². The van der Waals surface area contributed by atoms with Crippen molar-refractivity contribution < 1.29 is 22.8 Å². The topological polar surface area (TPSA) is 49.4 Å². The Bertz CT molecular complexity index is 1380. The number of carbonyl (C=O) groups excluding carboxylic acids is 2. The number of fused-ring (bicyclic) bond motifs is 1. The molecule has 0 fully saturated rings. The molecule has 1 amide bonds. The van der Waals surface area contributed by atoms with E-state index in [0.29, 0.717) is 33.3 Å². The van der Waals surface area contributed by atoms with Gasteiger partial charge in [0.05, 0.1) is 17.4 Å². The highest BCUT2D eigenvalue weighted by atomic mass is 35.5. The first kappa shape index (κ1) is 24.1. The number of rotatable bonds is 2. The molecule has 1 aliphatic carbocycles. The van der Waals surface area contributed by atoms with Crippen molar-refractivity contribution >= 4 is 34.7 Å². The Morgan fingerprint density at radius 2 is 1.64 bits per heavy atom. The molecule has 4 nitrogen and oxygen atoms in total. The molecular formula is C28H22ClF3N2O2. The number of anilines is 2. The highest BCUT2D eigenvalue weighted by Crippen LogP contribution is 2.49. The Morgan fingerprint density at radius 3 is 2.33 bits per heavy atom. The zero-order valence-electron chi connectivity index (χ0n) is 19.3. The largest absolute Gasteiger partial charge is 0.471 e. The number of alkyl halides is 3. The fraction of sp³-hybridized carbons (Fsp3) is 0.214. The summed E-state index contributed by atoms with van der Waals surface area (Å²) >= 11 is 6.42. The Labute approximate surface area is 211 Å². The van der Waals surface area contributed by atoms with Gasteiger partial charge in [-0.1, -0.05) is 71.8 Å². The molecule has 2 aliphatic rings. The van der Waals surface area contributed by atoms with E-state index in [9.17, 15) is 22.8 Å². The van der Waals surface area contributed by atoms with Crippen LogP contribution in [-0.4, -0.2) is 17.9 Å². The van der Waals surface area contributed by atoms with Crippen LogP contribution in [0.5, 0.6) is 0 Å². The van der Waals surface area contributed by atoms with Crippen molar-refractivity contribution in [2.45, 2.75) is 37.9 Å². The van der Waals surface area contributed by atoms with Crippen LogP contribution < -0.4 is 10.2 Å². The van der Waals surface area contributed by atoms with Crippen LogP contribution in [0.1, 0.15) is 41.5 Å². The maximum Gasteiger partial charge on any atom is 0.471 e. The van der Waals surface area contributed by atoms with Gasteiger partial charge >= 0.3 is 12.1 Å². The fourth-order valence-electron chi connectivity index (χ4n) is 5.04. The third kappa shape index (κ3) is 4.28. The van der Waals surface area contributed by atoms with Crippen LogP contribution in [0.4, 0.5) is 24.5 Å². The van der Waals surface area contributed by atoms with Crippen LogP contribution in [0.2, 0.25) is 5.02 Å². The van der Waals surface area contributed by atoms with E-state index in [0.717, 1.165) is 11.1 Å². The molecular weight excluding hydrogens is 489 g/mol. The fourth-order valence-corrected chi connectivity index (χ4v) is 5.33. The summed E-state index contributed by atoms with van der Waals surface area (Å²) in [7, 11) is 0. The van der Waals surface area contributed by atoms with Gasteiger partial charge in [0.2, 0.25) is 0 Å². The predicted molar refractivity (Wildman–Crippen MR) is 133 cm³/mol. The monoisotopic (exact) mass is 510 g/mol. The van der Waals surface area contributed by atoms with Gasteiger partial charge < -0.3 is 5.32 Å². The number of hydrogen-bond donors (Lipinski definition) is 1. The van der Waals surface area contributed by atoms with Gasteiger partial charge in [0, 0.05) is 22.7 Å². The van der Waals surface area contributed by atoms with E-state index in [-0.39, 0.29) is 29.4 Å². The van der Waals surface area contributed by atoms with E-state index in [4.69, 9.17) is 11.6 Å². The summed E-state index contributed by atoms with van der Waals surface area (Å²) in [5.74, 6) is -2.61. The molecule has 3 aromatic carbocycles. The van der Waals surface area contributed by atoms with Crippen molar-refractivity contribution in [2.24, 2.45) is 0 Å². The molecule has 0 unspecified atom stereocenters. The molecule has 0 bridgehead atoms. The molecule has 1 aliphatic heterocycles. The highest BCUT2D eigenvalue weighted by Gasteiger charge is 2.50. The minimum Gasteiger partial charge on any atom is -0.357 e. The second-order valence-corrected chi connectivity index (χ2v) is 9.48. The molecule has 3 aromatic rings. The third-order valence-electron chi connectivity index (χ3n) is 6.69. The highest BCUT2D eigenvalue weighted by molar-refractivity contribution is 6.31. The molecule has 0 spiro atoms. The van der Waals surface area contributed by atoms with Gasteiger partial charge in [-0.3, -0.25) is 14.5 Å². The van der Waals surface area contributed by atoms with Gasteiger partial charge in [0.25, 0.3) is 0 Å². The minimum atomic E-state index is -5.14. The molecule has 184 valence electrons. The summed E-state index contributed by atoms with van der Waals surface area (Å²) in [6.45, 7) is 1.86. The van der Waals surface area contributed by atoms with Crippen LogP contribution in [0.3, 0.4) is 0 Å². The van der Waals surface area contributed by atoms with E-state index >= 15 is 0 Å². The molecule has 0 saturated carbocycles. The zero-order valence-corrected chi connectivity index (χ0v) is 20.0. The summed E-state index contributed by atoms with van der Waals surface area (Å²) in [5.41, 5.74) is 3.17.